The Bertz CT molecular complexity index is 264. The van der Waals surface area contributed by atoms with Crippen molar-refractivity contribution in [2.45, 2.75) is 91.1 Å². The highest BCUT2D eigenvalue weighted by Crippen LogP contribution is 2.14. The van der Waals surface area contributed by atoms with Crippen molar-refractivity contribution in [3.05, 3.63) is 0 Å². The first kappa shape index (κ1) is 34.0. The quantitative estimate of drug-likeness (QED) is 0.226. The predicted octanol–water partition coefficient (Wildman–Crippen LogP) is -0.346. The van der Waals surface area contributed by atoms with Crippen molar-refractivity contribution >= 4 is 0 Å². The molecular weight excluding hydrogens is 367 g/mol. The van der Waals surface area contributed by atoms with E-state index in [4.69, 9.17) is 4.84 Å². The van der Waals surface area contributed by atoms with Gasteiger partial charge in [0.05, 0.1) is 48.8 Å². The summed E-state index contributed by atoms with van der Waals surface area (Å²) < 4.78 is 1.71. The van der Waals surface area contributed by atoms with Crippen LogP contribution in [0.25, 0.3) is 0 Å². The third-order valence-electron chi connectivity index (χ3n) is 3.94. The third kappa shape index (κ3) is 32.2. The molecule has 164 valence electrons. The van der Waals surface area contributed by atoms with Gasteiger partial charge in [-0.2, -0.15) is 4.65 Å². The van der Waals surface area contributed by atoms with Crippen molar-refractivity contribution in [3.63, 3.8) is 0 Å². The van der Waals surface area contributed by atoms with E-state index < -0.39 is 0 Å². The highest BCUT2D eigenvalue weighted by Gasteiger charge is 2.16. The van der Waals surface area contributed by atoms with Crippen LogP contribution >= 0.6 is 0 Å². The minimum atomic E-state index is 0. The lowest BCUT2D eigenvalue weighted by Gasteiger charge is -2.26. The molecule has 0 aliphatic heterocycles. The molecule has 0 aromatic carbocycles. The largest absolute Gasteiger partial charge is 1.00 e. The molecule has 0 fully saturated rings. The van der Waals surface area contributed by atoms with Gasteiger partial charge in [-0.1, -0.05) is 65.7 Å². The molecule has 0 bridgehead atoms. The van der Waals surface area contributed by atoms with E-state index in [2.05, 4.69) is 63.1 Å². The van der Waals surface area contributed by atoms with Crippen LogP contribution in [0.4, 0.5) is 0 Å². The van der Waals surface area contributed by atoms with E-state index in [0.717, 1.165) is 10.9 Å². The van der Waals surface area contributed by atoms with Crippen molar-refractivity contribution in [2.24, 2.45) is 0 Å². The van der Waals surface area contributed by atoms with Gasteiger partial charge in [-0.3, -0.25) is 0 Å². The summed E-state index contributed by atoms with van der Waals surface area (Å²) in [5, 5.41) is 0. The van der Waals surface area contributed by atoms with Gasteiger partial charge < -0.3 is 29.3 Å². The first-order chi connectivity index (χ1) is 11.1. The Hall–Kier alpha value is 0.460. The van der Waals surface area contributed by atoms with Gasteiger partial charge in [0.2, 0.25) is 0 Å². The summed E-state index contributed by atoms with van der Waals surface area (Å²) in [6, 6.07) is 0. The van der Waals surface area contributed by atoms with E-state index in [0.29, 0.717) is 10.8 Å². The zero-order valence-electron chi connectivity index (χ0n) is 19.4. The van der Waals surface area contributed by atoms with E-state index in [9.17, 15) is 0 Å². The first-order valence-electron chi connectivity index (χ1n) is 10.4. The van der Waals surface area contributed by atoms with E-state index in [1.807, 2.05) is 0 Å². The molecule has 1 atom stereocenters. The van der Waals surface area contributed by atoms with Crippen LogP contribution in [0.1, 0.15) is 85.0 Å². The van der Waals surface area contributed by atoms with Crippen LogP contribution in [0.5, 0.6) is 0 Å². The minimum Gasteiger partial charge on any atom is -1.00 e. The van der Waals surface area contributed by atoms with Gasteiger partial charge in [0, 0.05) is 0 Å². The molecule has 0 amide bonds. The fourth-order valence-electron chi connectivity index (χ4n) is 2.78. The van der Waals surface area contributed by atoms with Gasteiger partial charge in [0.25, 0.3) is 0 Å². The second kappa shape index (κ2) is 20.2. The summed E-state index contributed by atoms with van der Waals surface area (Å²) >= 11 is 0. The lowest BCUT2D eigenvalue weighted by Crippen LogP contribution is -3.00. The Kier molecular flexibility index (Phi) is 26.4. The molecule has 0 saturated heterocycles. The molecule has 0 aromatic rings. The molecule has 3 nitrogen and oxygen atoms in total. The van der Waals surface area contributed by atoms with Crippen LogP contribution in [-0.2, 0) is 4.84 Å². The zero-order chi connectivity index (χ0) is 19.1. The maximum Gasteiger partial charge on any atom is 0.117 e. The fourth-order valence-corrected chi connectivity index (χ4v) is 2.78. The number of halogens is 2. The second-order valence-electron chi connectivity index (χ2n) is 8.95. The molecule has 0 aliphatic carbocycles. The van der Waals surface area contributed by atoms with Crippen LogP contribution in [-0.4, -0.2) is 64.1 Å². The van der Waals surface area contributed by atoms with E-state index >= 15 is 0 Å². The summed E-state index contributed by atoms with van der Waals surface area (Å²) in [5.74, 6) is 0. The number of rotatable bonds is 13. The summed E-state index contributed by atoms with van der Waals surface area (Å²) in [6.45, 7) is 7.99. The topological polar surface area (TPSA) is 9.23 Å². The average Bonchev–Trinajstić information content (AvgIpc) is 2.43. The number of nitrogens with zero attached hydrogens (tertiary/aromatic N) is 2. The summed E-state index contributed by atoms with van der Waals surface area (Å²) in [4.78, 5) is 5.97. The van der Waals surface area contributed by atoms with Gasteiger partial charge in [-0.15, -0.1) is 0 Å². The first-order valence-corrected chi connectivity index (χ1v) is 10.4. The van der Waals surface area contributed by atoms with E-state index in [1.54, 1.807) is 0 Å². The monoisotopic (exact) mass is 416 g/mol. The standard InChI is InChI=1S/C15H34NO.C6H16N.2ClH/c1-6-8-9-10-11-12-13-14-15(7-2)17-16(3,4)5;1-5-6-7(2,3)4;;/h15H,6-14H2,1-5H3;5-6H2,1-4H3;2*1H/q2*+1;;/p-2. The number of unbranched alkanes of at least 4 members (excludes halogenated alkanes) is 6. The van der Waals surface area contributed by atoms with Crippen LogP contribution in [0.15, 0.2) is 0 Å². The molecule has 1 unspecified atom stereocenters. The normalized spacial score (nSPS) is 12.3. The number of hydrogen-bond acceptors (Lipinski definition) is 1. The molecule has 0 saturated carbocycles. The van der Waals surface area contributed by atoms with Crippen LogP contribution in [0, 0.1) is 0 Å². The Labute approximate surface area is 178 Å². The lowest BCUT2D eigenvalue weighted by atomic mass is 10.1. The Morgan fingerprint density at radius 1 is 0.654 bits per heavy atom. The van der Waals surface area contributed by atoms with Crippen LogP contribution < -0.4 is 24.8 Å². The Balaban J connectivity index is -0.000000230. The molecule has 0 aliphatic rings. The van der Waals surface area contributed by atoms with Crippen molar-refractivity contribution in [3.8, 4) is 0 Å². The third-order valence-corrected chi connectivity index (χ3v) is 3.94. The summed E-state index contributed by atoms with van der Waals surface area (Å²) in [6.07, 6.45) is 13.8. The average molecular weight is 418 g/mol. The number of hydrogen-bond donors (Lipinski definition) is 0. The van der Waals surface area contributed by atoms with E-state index in [1.165, 1.54) is 64.3 Å². The van der Waals surface area contributed by atoms with Crippen LogP contribution in [0.2, 0.25) is 0 Å². The number of quaternary nitrogens is 2. The van der Waals surface area contributed by atoms with Gasteiger partial charge >= 0.3 is 0 Å². The Morgan fingerprint density at radius 3 is 1.42 bits per heavy atom. The maximum absolute atomic E-state index is 5.97. The summed E-state index contributed by atoms with van der Waals surface area (Å²) in [7, 11) is 12.9. The molecule has 0 rings (SSSR count). The molecule has 0 heterocycles. The second-order valence-corrected chi connectivity index (χ2v) is 8.95. The zero-order valence-corrected chi connectivity index (χ0v) is 20.9. The van der Waals surface area contributed by atoms with Gasteiger partial charge in [-0.25, -0.2) is 4.84 Å². The van der Waals surface area contributed by atoms with Crippen molar-refractivity contribution in [1.82, 2.24) is 0 Å². The Morgan fingerprint density at radius 2 is 1.12 bits per heavy atom. The molecule has 0 aromatic heterocycles. The van der Waals surface area contributed by atoms with Gasteiger partial charge in [0.1, 0.15) is 6.10 Å². The fraction of sp³-hybridized carbons (Fsp3) is 1.00. The van der Waals surface area contributed by atoms with Crippen molar-refractivity contribution < 1.29 is 38.8 Å². The molecule has 26 heavy (non-hydrogen) atoms. The predicted molar refractivity (Wildman–Crippen MR) is 109 cm³/mol. The maximum atomic E-state index is 5.97. The molecular formula is C21H50Cl2N2O. The molecule has 5 heteroatoms. The van der Waals surface area contributed by atoms with Gasteiger partial charge in [0.15, 0.2) is 0 Å². The molecule has 0 spiro atoms. The minimum absolute atomic E-state index is 0. The van der Waals surface area contributed by atoms with Crippen molar-refractivity contribution in [2.75, 3.05) is 48.8 Å². The molecule has 0 radical (unpaired) electrons. The van der Waals surface area contributed by atoms with Crippen molar-refractivity contribution in [1.29, 1.82) is 0 Å². The highest BCUT2D eigenvalue weighted by atomic mass is 35.5. The van der Waals surface area contributed by atoms with E-state index in [-0.39, 0.29) is 24.8 Å². The summed E-state index contributed by atoms with van der Waals surface area (Å²) in [5.41, 5.74) is 0. The number of hydroxylamine groups is 3. The highest BCUT2D eigenvalue weighted by molar-refractivity contribution is 4.54. The molecule has 0 N–H and O–H groups in total. The van der Waals surface area contributed by atoms with Crippen LogP contribution in [0.3, 0.4) is 0 Å². The SMILES string of the molecule is CCCCCCCCCC(CC)O[N+](C)(C)C.CCC[N+](C)(C)C.[Cl-].[Cl-]. The van der Waals surface area contributed by atoms with Gasteiger partial charge in [-0.05, 0) is 19.3 Å². The smallest absolute Gasteiger partial charge is 0.117 e. The lowest BCUT2D eigenvalue weighted by molar-refractivity contribution is -1.07.